The number of hydrogen-bond donors (Lipinski definition) is 0. The quantitative estimate of drug-likeness (QED) is 0.710. The first-order chi connectivity index (χ1) is 12.7. The summed E-state index contributed by atoms with van der Waals surface area (Å²) in [5.74, 6) is 2.11. The van der Waals surface area contributed by atoms with Crippen molar-refractivity contribution < 1.29 is 4.39 Å². The normalized spacial score (nSPS) is 18.2. The summed E-state index contributed by atoms with van der Waals surface area (Å²) in [6.45, 7) is 4.90. The van der Waals surface area contributed by atoms with E-state index in [1.807, 2.05) is 35.9 Å². The van der Waals surface area contributed by atoms with Gasteiger partial charge in [-0.05, 0) is 56.1 Å². The van der Waals surface area contributed by atoms with Gasteiger partial charge in [-0.2, -0.15) is 0 Å². The van der Waals surface area contributed by atoms with Crippen molar-refractivity contribution in [3.05, 3.63) is 77.8 Å². The molecule has 0 unspecified atom stereocenters. The molecule has 0 saturated carbocycles. The van der Waals surface area contributed by atoms with Crippen LogP contribution in [0.3, 0.4) is 0 Å². The van der Waals surface area contributed by atoms with Crippen LogP contribution in [0.15, 0.2) is 54.9 Å². The molecule has 1 saturated heterocycles. The molecule has 5 heteroatoms. The number of hydrogen-bond acceptors (Lipinski definition) is 3. The maximum atomic E-state index is 13.1. The highest BCUT2D eigenvalue weighted by Crippen LogP contribution is 2.27. The van der Waals surface area contributed by atoms with Crippen LogP contribution in [0.5, 0.6) is 0 Å². The number of nitrogens with zero attached hydrogens (tertiary/aromatic N) is 4. The summed E-state index contributed by atoms with van der Waals surface area (Å²) in [6, 6.07) is 13.1. The minimum absolute atomic E-state index is 0.180. The fraction of sp³-hybridized carbons (Fsp3) is 0.333. The lowest BCUT2D eigenvalue weighted by Crippen LogP contribution is -2.34. The Labute approximate surface area is 153 Å². The topological polar surface area (TPSA) is 34.0 Å². The molecule has 0 radical (unpaired) electrons. The van der Waals surface area contributed by atoms with E-state index in [9.17, 15) is 4.39 Å². The Balaban J connectivity index is 1.49. The molecule has 1 fully saturated rings. The van der Waals surface area contributed by atoms with Gasteiger partial charge in [0.2, 0.25) is 0 Å². The third-order valence-corrected chi connectivity index (χ3v) is 5.07. The van der Waals surface area contributed by atoms with E-state index in [-0.39, 0.29) is 5.82 Å². The highest BCUT2D eigenvalue weighted by Gasteiger charge is 2.22. The maximum absolute atomic E-state index is 13.1. The molecule has 0 spiro atoms. The van der Waals surface area contributed by atoms with Gasteiger partial charge < -0.3 is 0 Å². The molecule has 2 aromatic heterocycles. The van der Waals surface area contributed by atoms with Gasteiger partial charge in [-0.3, -0.25) is 9.47 Å². The van der Waals surface area contributed by atoms with Crippen LogP contribution in [0.4, 0.5) is 4.39 Å². The molecular formula is C21H23FN4. The van der Waals surface area contributed by atoms with Gasteiger partial charge in [0, 0.05) is 37.1 Å². The lowest BCUT2D eigenvalue weighted by molar-refractivity contribution is 0.198. The highest BCUT2D eigenvalue weighted by molar-refractivity contribution is 5.28. The number of aromatic nitrogens is 3. The van der Waals surface area contributed by atoms with E-state index in [1.54, 1.807) is 6.20 Å². The van der Waals surface area contributed by atoms with Gasteiger partial charge in [0.15, 0.2) is 0 Å². The monoisotopic (exact) mass is 350 g/mol. The molecule has 0 N–H and O–H groups in total. The standard InChI is InChI=1S/C21H23FN4/c1-16-23-11-13-26(16)21-6-2-5-20(24-21)18-4-3-12-25(15-18)14-17-7-9-19(22)10-8-17/h2,5-11,13,18H,3-4,12,14-15H2,1H3/t18-/m0/s1. The van der Waals surface area contributed by atoms with Crippen LogP contribution in [0.2, 0.25) is 0 Å². The first-order valence-electron chi connectivity index (χ1n) is 9.13. The Morgan fingerprint density at radius 1 is 1.15 bits per heavy atom. The third kappa shape index (κ3) is 3.68. The minimum Gasteiger partial charge on any atom is -0.298 e. The predicted molar refractivity (Wildman–Crippen MR) is 99.7 cm³/mol. The Hall–Kier alpha value is -2.53. The summed E-state index contributed by atoms with van der Waals surface area (Å²) in [6.07, 6.45) is 6.05. The summed E-state index contributed by atoms with van der Waals surface area (Å²) in [7, 11) is 0. The van der Waals surface area contributed by atoms with E-state index in [0.29, 0.717) is 5.92 Å². The van der Waals surface area contributed by atoms with Crippen molar-refractivity contribution in [2.75, 3.05) is 13.1 Å². The van der Waals surface area contributed by atoms with Crippen molar-refractivity contribution in [2.45, 2.75) is 32.2 Å². The molecule has 3 aromatic rings. The number of imidazole rings is 1. The Kier molecular flexibility index (Phi) is 4.80. The number of likely N-dealkylation sites (tertiary alicyclic amines) is 1. The van der Waals surface area contributed by atoms with Crippen LogP contribution in [-0.2, 0) is 6.54 Å². The molecule has 26 heavy (non-hydrogen) atoms. The SMILES string of the molecule is Cc1nccn1-c1cccc([C@H]2CCCN(Cc3ccc(F)cc3)C2)n1. The molecule has 1 atom stereocenters. The van der Waals surface area contributed by atoms with Gasteiger partial charge in [-0.15, -0.1) is 0 Å². The second-order valence-electron chi connectivity index (χ2n) is 6.97. The van der Waals surface area contributed by atoms with Crippen LogP contribution in [0.25, 0.3) is 5.82 Å². The van der Waals surface area contributed by atoms with Crippen molar-refractivity contribution in [1.82, 2.24) is 19.4 Å². The second-order valence-corrected chi connectivity index (χ2v) is 6.97. The van der Waals surface area contributed by atoms with Crippen molar-refractivity contribution >= 4 is 0 Å². The van der Waals surface area contributed by atoms with Crippen molar-refractivity contribution in [1.29, 1.82) is 0 Å². The first-order valence-corrected chi connectivity index (χ1v) is 9.13. The smallest absolute Gasteiger partial charge is 0.138 e. The molecule has 0 aliphatic carbocycles. The van der Waals surface area contributed by atoms with Gasteiger partial charge in [0.05, 0.1) is 0 Å². The van der Waals surface area contributed by atoms with Gasteiger partial charge in [-0.25, -0.2) is 14.4 Å². The lowest BCUT2D eigenvalue weighted by atomic mass is 9.94. The Morgan fingerprint density at radius 2 is 2.00 bits per heavy atom. The fourth-order valence-electron chi connectivity index (χ4n) is 3.71. The van der Waals surface area contributed by atoms with E-state index >= 15 is 0 Å². The average Bonchev–Trinajstić information content (AvgIpc) is 3.10. The summed E-state index contributed by atoms with van der Waals surface area (Å²) in [5, 5.41) is 0. The fourth-order valence-corrected chi connectivity index (χ4v) is 3.71. The molecule has 1 aliphatic heterocycles. The number of benzene rings is 1. The molecule has 1 aliphatic rings. The molecule has 4 nitrogen and oxygen atoms in total. The molecule has 1 aromatic carbocycles. The predicted octanol–water partition coefficient (Wildman–Crippen LogP) is 4.09. The Morgan fingerprint density at radius 3 is 2.77 bits per heavy atom. The largest absolute Gasteiger partial charge is 0.298 e. The molecule has 0 bridgehead atoms. The van der Waals surface area contributed by atoms with E-state index in [1.165, 1.54) is 12.1 Å². The van der Waals surface area contributed by atoms with Gasteiger partial charge in [0.1, 0.15) is 17.5 Å². The van der Waals surface area contributed by atoms with Crippen molar-refractivity contribution in [3.8, 4) is 5.82 Å². The summed E-state index contributed by atoms with van der Waals surface area (Å²) < 4.78 is 15.1. The van der Waals surface area contributed by atoms with E-state index in [0.717, 1.165) is 55.4 Å². The zero-order chi connectivity index (χ0) is 17.9. The van der Waals surface area contributed by atoms with Crippen LogP contribution >= 0.6 is 0 Å². The average molecular weight is 350 g/mol. The molecular weight excluding hydrogens is 327 g/mol. The number of halogens is 1. The third-order valence-electron chi connectivity index (χ3n) is 5.07. The van der Waals surface area contributed by atoms with Gasteiger partial charge in [0.25, 0.3) is 0 Å². The van der Waals surface area contributed by atoms with Crippen molar-refractivity contribution in [2.24, 2.45) is 0 Å². The van der Waals surface area contributed by atoms with E-state index in [2.05, 4.69) is 22.0 Å². The lowest BCUT2D eigenvalue weighted by Gasteiger charge is -2.32. The Bertz CT molecular complexity index is 872. The number of pyridine rings is 1. The van der Waals surface area contributed by atoms with Gasteiger partial charge >= 0.3 is 0 Å². The first kappa shape index (κ1) is 16.9. The van der Waals surface area contributed by atoms with Crippen LogP contribution < -0.4 is 0 Å². The highest BCUT2D eigenvalue weighted by atomic mass is 19.1. The van der Waals surface area contributed by atoms with Gasteiger partial charge in [-0.1, -0.05) is 18.2 Å². The zero-order valence-corrected chi connectivity index (χ0v) is 15.0. The number of rotatable bonds is 4. The van der Waals surface area contributed by atoms with Crippen LogP contribution in [0.1, 0.15) is 35.8 Å². The van der Waals surface area contributed by atoms with Crippen LogP contribution in [0, 0.1) is 12.7 Å². The summed E-state index contributed by atoms with van der Waals surface area (Å²) in [5.41, 5.74) is 2.29. The number of piperidine rings is 1. The maximum Gasteiger partial charge on any atom is 0.138 e. The molecule has 3 heterocycles. The van der Waals surface area contributed by atoms with E-state index < -0.39 is 0 Å². The summed E-state index contributed by atoms with van der Waals surface area (Å²) in [4.78, 5) is 11.6. The van der Waals surface area contributed by atoms with E-state index in [4.69, 9.17) is 4.98 Å². The minimum atomic E-state index is -0.180. The summed E-state index contributed by atoms with van der Waals surface area (Å²) >= 11 is 0. The van der Waals surface area contributed by atoms with Crippen LogP contribution in [-0.4, -0.2) is 32.5 Å². The second kappa shape index (κ2) is 7.38. The molecule has 134 valence electrons. The number of aryl methyl sites for hydroxylation is 1. The molecule has 4 rings (SSSR count). The van der Waals surface area contributed by atoms with Crippen molar-refractivity contribution in [3.63, 3.8) is 0 Å². The zero-order valence-electron chi connectivity index (χ0n) is 15.0. The molecule has 0 amide bonds.